The first-order chi connectivity index (χ1) is 13.7. The highest BCUT2D eigenvalue weighted by atomic mass is 16.5. The standard InChI is InChI=1S/C24H36N2O2/c1-20-8-3-6-15-25(20)16-7-17-28-22-11-9-21(10-12-22)26-19-24(18-23(26)27)13-4-2-5-14-24/h9-12,20H,2-8,13-19H2,1H3. The Hall–Kier alpha value is -1.55. The van der Waals surface area contributed by atoms with E-state index < -0.39 is 0 Å². The van der Waals surface area contributed by atoms with E-state index in [0.29, 0.717) is 5.91 Å². The fourth-order valence-electron chi connectivity index (χ4n) is 5.44. The van der Waals surface area contributed by atoms with Gasteiger partial charge < -0.3 is 14.5 Å². The van der Waals surface area contributed by atoms with Gasteiger partial charge in [-0.05, 0) is 75.3 Å². The Labute approximate surface area is 170 Å². The number of likely N-dealkylation sites (tertiary alicyclic amines) is 1. The van der Waals surface area contributed by atoms with Crippen LogP contribution in [-0.4, -0.2) is 43.1 Å². The Kier molecular flexibility index (Phi) is 6.25. The van der Waals surface area contributed by atoms with Crippen LogP contribution < -0.4 is 9.64 Å². The van der Waals surface area contributed by atoms with Crippen molar-refractivity contribution in [1.82, 2.24) is 4.90 Å². The van der Waals surface area contributed by atoms with Gasteiger partial charge in [0.2, 0.25) is 5.91 Å². The Morgan fingerprint density at radius 2 is 1.86 bits per heavy atom. The smallest absolute Gasteiger partial charge is 0.227 e. The van der Waals surface area contributed by atoms with Gasteiger partial charge in [-0.1, -0.05) is 25.7 Å². The van der Waals surface area contributed by atoms with Crippen molar-refractivity contribution in [1.29, 1.82) is 0 Å². The van der Waals surface area contributed by atoms with Gasteiger partial charge in [-0.15, -0.1) is 0 Å². The van der Waals surface area contributed by atoms with Crippen molar-refractivity contribution >= 4 is 11.6 Å². The number of ether oxygens (including phenoxy) is 1. The van der Waals surface area contributed by atoms with Gasteiger partial charge in [0.25, 0.3) is 0 Å². The van der Waals surface area contributed by atoms with E-state index in [4.69, 9.17) is 4.74 Å². The summed E-state index contributed by atoms with van der Waals surface area (Å²) in [4.78, 5) is 17.2. The summed E-state index contributed by atoms with van der Waals surface area (Å²) in [6.45, 7) is 6.37. The molecule has 0 N–H and O–H groups in total. The van der Waals surface area contributed by atoms with Crippen LogP contribution in [0.1, 0.15) is 71.1 Å². The van der Waals surface area contributed by atoms with E-state index >= 15 is 0 Å². The number of hydrogen-bond acceptors (Lipinski definition) is 3. The van der Waals surface area contributed by atoms with Crippen molar-refractivity contribution < 1.29 is 9.53 Å². The molecule has 3 fully saturated rings. The third-order valence-electron chi connectivity index (χ3n) is 7.18. The molecule has 1 aromatic carbocycles. The number of benzene rings is 1. The molecule has 154 valence electrons. The molecule has 4 heteroatoms. The molecule has 4 rings (SSSR count). The monoisotopic (exact) mass is 384 g/mol. The van der Waals surface area contributed by atoms with Gasteiger partial charge >= 0.3 is 0 Å². The van der Waals surface area contributed by atoms with E-state index in [9.17, 15) is 4.79 Å². The second-order valence-electron chi connectivity index (χ2n) is 9.29. The van der Waals surface area contributed by atoms with Crippen molar-refractivity contribution in [2.75, 3.05) is 31.1 Å². The maximum Gasteiger partial charge on any atom is 0.227 e. The van der Waals surface area contributed by atoms with Gasteiger partial charge in [0, 0.05) is 31.2 Å². The van der Waals surface area contributed by atoms with E-state index in [-0.39, 0.29) is 5.41 Å². The summed E-state index contributed by atoms with van der Waals surface area (Å²) in [5, 5.41) is 0. The lowest BCUT2D eigenvalue weighted by Gasteiger charge is -2.33. The molecule has 2 heterocycles. The molecule has 1 atom stereocenters. The predicted molar refractivity (Wildman–Crippen MR) is 114 cm³/mol. The van der Waals surface area contributed by atoms with E-state index in [0.717, 1.165) is 50.0 Å². The summed E-state index contributed by atoms with van der Waals surface area (Å²) in [6.07, 6.45) is 12.2. The fraction of sp³-hybridized carbons (Fsp3) is 0.708. The average Bonchev–Trinajstić information content (AvgIpc) is 3.03. The lowest BCUT2D eigenvalue weighted by atomic mass is 9.73. The van der Waals surface area contributed by atoms with E-state index in [2.05, 4.69) is 24.0 Å². The third-order valence-corrected chi connectivity index (χ3v) is 7.18. The summed E-state index contributed by atoms with van der Waals surface area (Å²) in [5.74, 6) is 1.21. The number of nitrogens with zero attached hydrogens (tertiary/aromatic N) is 2. The summed E-state index contributed by atoms with van der Waals surface area (Å²) in [6, 6.07) is 8.89. The van der Waals surface area contributed by atoms with Crippen LogP contribution in [0.3, 0.4) is 0 Å². The Morgan fingerprint density at radius 3 is 2.61 bits per heavy atom. The first kappa shape index (κ1) is 19.8. The highest BCUT2D eigenvalue weighted by molar-refractivity contribution is 5.96. The highest BCUT2D eigenvalue weighted by Gasteiger charge is 2.43. The van der Waals surface area contributed by atoms with Gasteiger partial charge in [0.1, 0.15) is 5.75 Å². The Balaban J connectivity index is 1.25. The topological polar surface area (TPSA) is 32.8 Å². The van der Waals surface area contributed by atoms with Gasteiger partial charge in [-0.2, -0.15) is 0 Å². The molecule has 1 unspecified atom stereocenters. The lowest BCUT2D eigenvalue weighted by Crippen LogP contribution is -2.38. The van der Waals surface area contributed by atoms with Crippen LogP contribution in [0.4, 0.5) is 5.69 Å². The van der Waals surface area contributed by atoms with Crippen LogP contribution in [-0.2, 0) is 4.79 Å². The van der Waals surface area contributed by atoms with Gasteiger partial charge in [0.05, 0.1) is 6.61 Å². The molecule has 2 saturated heterocycles. The molecule has 1 spiro atoms. The van der Waals surface area contributed by atoms with Crippen molar-refractivity contribution in [3.8, 4) is 5.75 Å². The number of carbonyl (C=O) groups excluding carboxylic acids is 1. The number of hydrogen-bond donors (Lipinski definition) is 0. The molecule has 1 aliphatic carbocycles. The van der Waals surface area contributed by atoms with Crippen LogP contribution >= 0.6 is 0 Å². The molecule has 4 nitrogen and oxygen atoms in total. The molecule has 3 aliphatic rings. The van der Waals surface area contributed by atoms with Gasteiger partial charge in [-0.3, -0.25) is 4.79 Å². The zero-order chi connectivity index (χ0) is 19.4. The van der Waals surface area contributed by atoms with Crippen LogP contribution in [0, 0.1) is 5.41 Å². The maximum absolute atomic E-state index is 12.6. The number of carbonyl (C=O) groups is 1. The zero-order valence-corrected chi connectivity index (χ0v) is 17.5. The molecule has 28 heavy (non-hydrogen) atoms. The molecule has 2 aliphatic heterocycles. The van der Waals surface area contributed by atoms with Crippen LogP contribution in [0.5, 0.6) is 5.75 Å². The van der Waals surface area contributed by atoms with Crippen molar-refractivity contribution in [2.24, 2.45) is 5.41 Å². The Bertz CT molecular complexity index is 651. The van der Waals surface area contributed by atoms with Crippen LogP contribution in [0.15, 0.2) is 24.3 Å². The molecule has 1 aromatic rings. The van der Waals surface area contributed by atoms with E-state index in [1.54, 1.807) is 0 Å². The third kappa shape index (κ3) is 4.53. The molecule has 0 radical (unpaired) electrons. The molecular weight excluding hydrogens is 348 g/mol. The molecule has 1 amide bonds. The molecular formula is C24H36N2O2. The normalized spacial score (nSPS) is 25.4. The minimum Gasteiger partial charge on any atom is -0.494 e. The van der Waals surface area contributed by atoms with Crippen molar-refractivity contribution in [2.45, 2.75) is 77.2 Å². The Morgan fingerprint density at radius 1 is 1.07 bits per heavy atom. The van der Waals surface area contributed by atoms with Gasteiger partial charge in [0.15, 0.2) is 0 Å². The number of piperidine rings is 1. The zero-order valence-electron chi connectivity index (χ0n) is 17.5. The van der Waals surface area contributed by atoms with E-state index in [1.807, 2.05) is 17.0 Å². The maximum atomic E-state index is 12.6. The SMILES string of the molecule is CC1CCCCN1CCCOc1ccc(N2CC3(CCCCC3)CC2=O)cc1. The highest BCUT2D eigenvalue weighted by Crippen LogP contribution is 2.45. The fourth-order valence-corrected chi connectivity index (χ4v) is 5.44. The summed E-state index contributed by atoms with van der Waals surface area (Å²) in [5.41, 5.74) is 1.28. The molecule has 1 saturated carbocycles. The molecule has 0 bridgehead atoms. The largest absolute Gasteiger partial charge is 0.494 e. The summed E-state index contributed by atoms with van der Waals surface area (Å²) in [7, 11) is 0. The quantitative estimate of drug-likeness (QED) is 0.646. The van der Waals surface area contributed by atoms with Crippen molar-refractivity contribution in [3.63, 3.8) is 0 Å². The number of amides is 1. The number of anilines is 1. The summed E-state index contributed by atoms with van der Waals surface area (Å²) >= 11 is 0. The van der Waals surface area contributed by atoms with Crippen molar-refractivity contribution in [3.05, 3.63) is 24.3 Å². The lowest BCUT2D eigenvalue weighted by molar-refractivity contribution is -0.118. The molecule has 0 aromatic heterocycles. The van der Waals surface area contributed by atoms with E-state index in [1.165, 1.54) is 57.9 Å². The first-order valence-electron chi connectivity index (χ1n) is 11.4. The average molecular weight is 385 g/mol. The second kappa shape index (κ2) is 8.86. The second-order valence-corrected chi connectivity index (χ2v) is 9.29. The minimum absolute atomic E-state index is 0.246. The minimum atomic E-state index is 0.246. The van der Waals surface area contributed by atoms with Crippen LogP contribution in [0.25, 0.3) is 0 Å². The summed E-state index contributed by atoms with van der Waals surface area (Å²) < 4.78 is 5.96. The predicted octanol–water partition coefficient (Wildman–Crippen LogP) is 5.02. The van der Waals surface area contributed by atoms with Gasteiger partial charge in [-0.25, -0.2) is 0 Å². The number of rotatable bonds is 6. The first-order valence-corrected chi connectivity index (χ1v) is 11.4. The van der Waals surface area contributed by atoms with Crippen LogP contribution in [0.2, 0.25) is 0 Å².